The van der Waals surface area contributed by atoms with Gasteiger partial charge in [-0.25, -0.2) is 0 Å². The van der Waals surface area contributed by atoms with Crippen LogP contribution in [0.15, 0.2) is 169 Å². The van der Waals surface area contributed by atoms with E-state index >= 15 is 0 Å². The van der Waals surface area contributed by atoms with Crippen LogP contribution in [-0.2, 0) is 5.41 Å². The van der Waals surface area contributed by atoms with Crippen LogP contribution in [0.3, 0.4) is 0 Å². The van der Waals surface area contributed by atoms with E-state index in [1.807, 2.05) is 6.20 Å². The molecule has 0 amide bonds. The number of ether oxygens (including phenoxy) is 1. The van der Waals surface area contributed by atoms with Crippen molar-refractivity contribution in [3.05, 3.63) is 175 Å². The predicted molar refractivity (Wildman–Crippen MR) is 239 cm³/mol. The van der Waals surface area contributed by atoms with Crippen LogP contribution in [0.2, 0.25) is 0 Å². The maximum Gasteiger partial charge on any atom is 0.182 e. The van der Waals surface area contributed by atoms with Crippen molar-refractivity contribution in [2.24, 2.45) is 0 Å². The first-order valence-electron chi connectivity index (χ1n) is 19.0. The highest BCUT2D eigenvalue weighted by Gasteiger charge is 2.31. The lowest BCUT2D eigenvalue weighted by molar-refractivity contribution is 0.497. The smallest absolute Gasteiger partial charge is 0.182 e. The summed E-state index contributed by atoms with van der Waals surface area (Å²) in [7, 11) is 0. The summed E-state index contributed by atoms with van der Waals surface area (Å²) >= 11 is 3.46. The highest BCUT2D eigenvalue weighted by atomic mass is 32.1. The standard InChI is InChI=1S/C50H39N3OS2/c1-50(2,3)36-24-26-51-42(29-36)47-41-31-46(56-45(41)28-35-25-27-55-49(35)47)54-38-19-12-18-37(30-38)52-32-53(44-23-11-10-22-43(44)52)48-39(33-14-6-4-7-15-33)20-13-21-40(48)34-16-8-5-9-17-34/h4-31H,32H2,1-3H3. The quantitative estimate of drug-likeness (QED) is 0.162. The Morgan fingerprint density at radius 3 is 2.04 bits per heavy atom. The molecule has 6 heteroatoms. The summed E-state index contributed by atoms with van der Waals surface area (Å²) in [4.78, 5) is 9.76. The SMILES string of the molecule is CC(C)(C)c1ccnc(-c2c3cc(Oc4cccc(N5CN(c6c(-c7ccccc7)cccc6-c6ccccc6)c6ccccc65)c4)sc3cc3ccsc23)c1. The molecule has 6 aromatic carbocycles. The number of rotatable bonds is 7. The molecule has 0 saturated heterocycles. The van der Waals surface area contributed by atoms with Crippen molar-refractivity contribution in [2.75, 3.05) is 16.5 Å². The van der Waals surface area contributed by atoms with Crippen molar-refractivity contribution in [3.63, 3.8) is 0 Å². The van der Waals surface area contributed by atoms with Gasteiger partial charge in [0, 0.05) is 55.5 Å². The Bertz CT molecular complexity index is 2810. The molecule has 0 atom stereocenters. The number of hydrogen-bond donors (Lipinski definition) is 0. The van der Waals surface area contributed by atoms with E-state index in [9.17, 15) is 0 Å². The van der Waals surface area contributed by atoms with Gasteiger partial charge in [0.2, 0.25) is 0 Å². The molecule has 0 N–H and O–H groups in total. The molecular weight excluding hydrogens is 723 g/mol. The normalized spacial score (nSPS) is 12.8. The van der Waals surface area contributed by atoms with Gasteiger partial charge in [-0.3, -0.25) is 4.98 Å². The van der Waals surface area contributed by atoms with Crippen molar-refractivity contribution >= 4 is 65.6 Å². The van der Waals surface area contributed by atoms with Crippen LogP contribution in [0.4, 0.5) is 22.7 Å². The lowest BCUT2D eigenvalue weighted by Crippen LogP contribution is -2.24. The fourth-order valence-corrected chi connectivity index (χ4v) is 9.85. The van der Waals surface area contributed by atoms with Gasteiger partial charge in [-0.15, -0.1) is 11.3 Å². The van der Waals surface area contributed by atoms with Crippen LogP contribution < -0.4 is 14.5 Å². The van der Waals surface area contributed by atoms with E-state index in [-0.39, 0.29) is 5.41 Å². The van der Waals surface area contributed by atoms with E-state index in [0.717, 1.165) is 27.9 Å². The van der Waals surface area contributed by atoms with Gasteiger partial charge in [-0.05, 0) is 81.4 Å². The summed E-state index contributed by atoms with van der Waals surface area (Å²) in [6, 6.07) is 56.4. The van der Waals surface area contributed by atoms with Crippen LogP contribution in [0.5, 0.6) is 10.8 Å². The number of anilines is 4. The molecule has 9 aromatic rings. The highest BCUT2D eigenvalue weighted by Crippen LogP contribution is 2.51. The molecular formula is C50H39N3OS2. The Balaban J connectivity index is 1.03. The Kier molecular flexibility index (Phi) is 8.46. The van der Waals surface area contributed by atoms with E-state index in [2.05, 4.69) is 194 Å². The minimum Gasteiger partial charge on any atom is -0.447 e. The molecule has 0 aliphatic carbocycles. The summed E-state index contributed by atoms with van der Waals surface area (Å²) in [6.07, 6.45) is 1.95. The Labute approximate surface area is 335 Å². The summed E-state index contributed by atoms with van der Waals surface area (Å²) in [5.74, 6) is 0.802. The molecule has 0 saturated carbocycles. The fraction of sp³-hybridized carbons (Fsp3) is 0.100. The zero-order chi connectivity index (χ0) is 37.8. The molecule has 0 fully saturated rings. The average Bonchev–Trinajstić information content (AvgIpc) is 3.97. The lowest BCUT2D eigenvalue weighted by atomic mass is 9.86. The number of aromatic nitrogens is 1. The summed E-state index contributed by atoms with van der Waals surface area (Å²) in [5.41, 5.74) is 12.8. The molecule has 1 aliphatic heterocycles. The Morgan fingerprint density at radius 1 is 0.643 bits per heavy atom. The van der Waals surface area contributed by atoms with Crippen LogP contribution >= 0.6 is 22.7 Å². The molecule has 1 aliphatic rings. The third-order valence-electron chi connectivity index (χ3n) is 10.7. The molecule has 0 radical (unpaired) electrons. The zero-order valence-electron chi connectivity index (χ0n) is 31.4. The van der Waals surface area contributed by atoms with Gasteiger partial charge in [-0.1, -0.05) is 129 Å². The molecule has 272 valence electrons. The largest absolute Gasteiger partial charge is 0.447 e. The molecule has 4 heterocycles. The monoisotopic (exact) mass is 761 g/mol. The van der Waals surface area contributed by atoms with E-state index in [1.54, 1.807) is 22.7 Å². The number of fused-ring (bicyclic) bond motifs is 3. The van der Waals surface area contributed by atoms with Crippen LogP contribution in [-0.4, -0.2) is 11.7 Å². The second-order valence-electron chi connectivity index (χ2n) is 15.3. The third kappa shape index (κ3) is 6.12. The van der Waals surface area contributed by atoms with Crippen molar-refractivity contribution in [1.29, 1.82) is 0 Å². The van der Waals surface area contributed by atoms with Crippen LogP contribution in [0, 0.1) is 0 Å². The maximum absolute atomic E-state index is 6.75. The van der Waals surface area contributed by atoms with Crippen LogP contribution in [0.25, 0.3) is 53.7 Å². The molecule has 0 spiro atoms. The molecule has 56 heavy (non-hydrogen) atoms. The summed E-state index contributed by atoms with van der Waals surface area (Å²) in [6.45, 7) is 7.40. The first kappa shape index (κ1) is 34.3. The second kappa shape index (κ2) is 13.8. The van der Waals surface area contributed by atoms with Crippen LogP contribution in [0.1, 0.15) is 26.3 Å². The summed E-state index contributed by atoms with van der Waals surface area (Å²) in [5, 5.41) is 5.44. The van der Waals surface area contributed by atoms with E-state index in [1.165, 1.54) is 64.9 Å². The minimum absolute atomic E-state index is 0.0242. The second-order valence-corrected chi connectivity index (χ2v) is 17.2. The number of nitrogens with zero attached hydrogens (tertiary/aromatic N) is 3. The van der Waals surface area contributed by atoms with Gasteiger partial charge in [0.25, 0.3) is 0 Å². The van der Waals surface area contributed by atoms with Gasteiger partial charge >= 0.3 is 0 Å². The van der Waals surface area contributed by atoms with Gasteiger partial charge in [0.05, 0.1) is 22.8 Å². The average molecular weight is 762 g/mol. The van der Waals surface area contributed by atoms with E-state index < -0.39 is 0 Å². The number of para-hydroxylation sites is 3. The fourth-order valence-electron chi connectivity index (χ4n) is 7.92. The van der Waals surface area contributed by atoms with Gasteiger partial charge in [0.1, 0.15) is 12.4 Å². The lowest BCUT2D eigenvalue weighted by Gasteiger charge is -2.27. The van der Waals surface area contributed by atoms with Crippen molar-refractivity contribution in [2.45, 2.75) is 26.2 Å². The molecule has 0 bridgehead atoms. The number of hydrogen-bond acceptors (Lipinski definition) is 6. The van der Waals surface area contributed by atoms with Crippen molar-refractivity contribution in [1.82, 2.24) is 4.98 Å². The van der Waals surface area contributed by atoms with Gasteiger partial charge < -0.3 is 14.5 Å². The summed E-state index contributed by atoms with van der Waals surface area (Å²) < 4.78 is 9.19. The first-order valence-corrected chi connectivity index (χ1v) is 20.7. The van der Waals surface area contributed by atoms with Crippen molar-refractivity contribution < 1.29 is 4.74 Å². The minimum atomic E-state index is 0.0242. The Hall–Kier alpha value is -6.21. The molecule has 0 unspecified atom stereocenters. The zero-order valence-corrected chi connectivity index (χ0v) is 33.1. The topological polar surface area (TPSA) is 28.6 Å². The van der Waals surface area contributed by atoms with E-state index in [4.69, 9.17) is 9.72 Å². The number of pyridine rings is 1. The number of benzene rings is 6. The van der Waals surface area contributed by atoms with Gasteiger partial charge in [0.15, 0.2) is 5.06 Å². The maximum atomic E-state index is 6.75. The van der Waals surface area contributed by atoms with Gasteiger partial charge in [-0.2, -0.15) is 0 Å². The number of thiophene rings is 2. The first-order chi connectivity index (χ1) is 27.4. The third-order valence-corrected chi connectivity index (χ3v) is 12.6. The van der Waals surface area contributed by atoms with Crippen molar-refractivity contribution in [3.8, 4) is 44.3 Å². The highest BCUT2D eigenvalue weighted by molar-refractivity contribution is 7.21. The predicted octanol–water partition coefficient (Wildman–Crippen LogP) is 14.8. The molecule has 4 nitrogen and oxygen atoms in total. The molecule has 10 rings (SSSR count). The molecule has 3 aromatic heterocycles. The Morgan fingerprint density at radius 2 is 1.32 bits per heavy atom. The van der Waals surface area contributed by atoms with E-state index in [0.29, 0.717) is 6.67 Å².